The van der Waals surface area contributed by atoms with Crippen LogP contribution in [0.3, 0.4) is 0 Å². The van der Waals surface area contributed by atoms with Gasteiger partial charge < -0.3 is 14.2 Å². The van der Waals surface area contributed by atoms with Crippen LogP contribution in [0.15, 0.2) is 50.8 Å². The van der Waals surface area contributed by atoms with Crippen molar-refractivity contribution in [3.05, 3.63) is 56.9 Å². The third-order valence-corrected chi connectivity index (χ3v) is 6.09. The number of halogens is 1. The Labute approximate surface area is 199 Å². The minimum Gasteiger partial charge on any atom is -0.492 e. The molecule has 0 radical (unpaired) electrons. The summed E-state index contributed by atoms with van der Waals surface area (Å²) in [7, 11) is 3.26. The van der Waals surface area contributed by atoms with Gasteiger partial charge in [0, 0.05) is 7.05 Å². The third-order valence-electron chi connectivity index (χ3n) is 4.44. The molecule has 0 spiro atoms. The van der Waals surface area contributed by atoms with E-state index in [1.165, 1.54) is 16.7 Å². The van der Waals surface area contributed by atoms with E-state index >= 15 is 0 Å². The molecular weight excluding hydrogens is 496 g/mol. The van der Waals surface area contributed by atoms with Crippen molar-refractivity contribution in [3.8, 4) is 11.5 Å². The van der Waals surface area contributed by atoms with Crippen LogP contribution < -0.4 is 9.47 Å². The number of likely N-dealkylation sites (N-methyl/N-ethyl adjacent to an activating group) is 1. The molecule has 0 aromatic heterocycles. The normalized spacial score (nSPS) is 16.0. The number of methoxy groups -OCH3 is 1. The van der Waals surface area contributed by atoms with E-state index in [9.17, 15) is 9.59 Å². The summed E-state index contributed by atoms with van der Waals surface area (Å²) in [4.78, 5) is 31.2. The highest BCUT2D eigenvalue weighted by molar-refractivity contribution is 9.10. The SMILES string of the molecule is CCOC(=O)c1ccc(N=C2SC(=Cc3cc(Br)c(OC)c(OCC)c3)C(=O)N2C)cc1. The minimum atomic E-state index is -0.378. The lowest BCUT2D eigenvalue weighted by molar-refractivity contribution is -0.121. The molecule has 0 atom stereocenters. The van der Waals surface area contributed by atoms with Gasteiger partial charge in [-0.25, -0.2) is 9.79 Å². The molecule has 2 aromatic rings. The first kappa shape index (κ1) is 23.9. The minimum absolute atomic E-state index is 0.151. The van der Waals surface area contributed by atoms with E-state index < -0.39 is 0 Å². The first-order valence-corrected chi connectivity index (χ1v) is 11.5. The van der Waals surface area contributed by atoms with Crippen LogP contribution in [0.25, 0.3) is 6.08 Å². The lowest BCUT2D eigenvalue weighted by Crippen LogP contribution is -2.23. The number of amidine groups is 1. The zero-order valence-electron chi connectivity index (χ0n) is 18.2. The number of thioether (sulfide) groups is 1. The van der Waals surface area contributed by atoms with Crippen molar-refractivity contribution in [2.24, 2.45) is 4.99 Å². The maximum absolute atomic E-state index is 12.8. The van der Waals surface area contributed by atoms with Crippen molar-refractivity contribution < 1.29 is 23.8 Å². The van der Waals surface area contributed by atoms with Crippen LogP contribution in [-0.2, 0) is 9.53 Å². The topological polar surface area (TPSA) is 77.4 Å². The van der Waals surface area contributed by atoms with Crippen LogP contribution in [0.2, 0.25) is 0 Å². The Morgan fingerprint density at radius 3 is 2.53 bits per heavy atom. The van der Waals surface area contributed by atoms with Crippen molar-refractivity contribution in [1.29, 1.82) is 0 Å². The van der Waals surface area contributed by atoms with Crippen molar-refractivity contribution >= 4 is 56.5 Å². The number of amides is 1. The molecule has 1 aliphatic heterocycles. The van der Waals surface area contributed by atoms with Gasteiger partial charge in [-0.2, -0.15) is 0 Å². The molecule has 9 heteroatoms. The Morgan fingerprint density at radius 1 is 1.19 bits per heavy atom. The van der Waals surface area contributed by atoms with E-state index in [1.807, 2.05) is 19.1 Å². The summed E-state index contributed by atoms with van der Waals surface area (Å²) in [6, 6.07) is 10.4. The quantitative estimate of drug-likeness (QED) is 0.367. The van der Waals surface area contributed by atoms with Crippen LogP contribution in [0.5, 0.6) is 11.5 Å². The summed E-state index contributed by atoms with van der Waals surface area (Å²) in [5.74, 6) is 0.666. The van der Waals surface area contributed by atoms with E-state index in [2.05, 4.69) is 20.9 Å². The largest absolute Gasteiger partial charge is 0.492 e. The molecule has 0 aliphatic carbocycles. The van der Waals surface area contributed by atoms with Gasteiger partial charge in [-0.3, -0.25) is 9.69 Å². The number of benzene rings is 2. The zero-order valence-corrected chi connectivity index (χ0v) is 20.6. The maximum Gasteiger partial charge on any atom is 0.338 e. The Bertz CT molecular complexity index is 1080. The number of aliphatic imine (C=N–C) groups is 1. The molecule has 1 fully saturated rings. The van der Waals surface area contributed by atoms with E-state index in [1.54, 1.807) is 51.4 Å². The molecule has 1 saturated heterocycles. The van der Waals surface area contributed by atoms with Crippen LogP contribution in [0.4, 0.5) is 5.69 Å². The Hall–Kier alpha value is -2.78. The van der Waals surface area contributed by atoms with Gasteiger partial charge in [0.15, 0.2) is 16.7 Å². The van der Waals surface area contributed by atoms with Crippen LogP contribution >= 0.6 is 27.7 Å². The molecule has 1 aliphatic rings. The standard InChI is InChI=1S/C23H23BrN2O5S/c1-5-30-18-12-14(11-17(24)20(18)29-4)13-19-21(27)26(3)23(32-19)25-16-9-7-15(8-10-16)22(28)31-6-2/h7-13H,5-6H2,1-4H3. The van der Waals surface area contributed by atoms with Crippen molar-refractivity contribution in [1.82, 2.24) is 4.90 Å². The highest BCUT2D eigenvalue weighted by atomic mass is 79.9. The fourth-order valence-corrected chi connectivity index (χ4v) is 4.54. The number of ether oxygens (including phenoxy) is 3. The summed E-state index contributed by atoms with van der Waals surface area (Å²) in [5, 5.41) is 0.544. The molecule has 3 rings (SSSR count). The summed E-state index contributed by atoms with van der Waals surface area (Å²) >= 11 is 4.77. The molecule has 0 bridgehead atoms. The van der Waals surface area contributed by atoms with E-state index in [4.69, 9.17) is 14.2 Å². The lowest BCUT2D eigenvalue weighted by Gasteiger charge is -2.12. The molecule has 0 unspecified atom stereocenters. The van der Waals surface area contributed by atoms with E-state index in [-0.39, 0.29) is 11.9 Å². The average molecular weight is 519 g/mol. The maximum atomic E-state index is 12.8. The number of carbonyl (C=O) groups is 2. The summed E-state index contributed by atoms with van der Waals surface area (Å²) in [6.07, 6.45) is 1.79. The Balaban J connectivity index is 1.85. The zero-order chi connectivity index (χ0) is 23.3. The predicted molar refractivity (Wildman–Crippen MR) is 130 cm³/mol. The van der Waals surface area contributed by atoms with Crippen LogP contribution in [0, 0.1) is 0 Å². The molecule has 32 heavy (non-hydrogen) atoms. The number of rotatable bonds is 7. The van der Waals surface area contributed by atoms with E-state index in [0.29, 0.717) is 46.0 Å². The number of esters is 1. The summed E-state index contributed by atoms with van der Waals surface area (Å²) in [5.41, 5.74) is 1.88. The van der Waals surface area contributed by atoms with E-state index in [0.717, 1.165) is 10.0 Å². The fraction of sp³-hybridized carbons (Fsp3) is 0.261. The van der Waals surface area contributed by atoms with Crippen LogP contribution in [0.1, 0.15) is 29.8 Å². The second-order valence-corrected chi connectivity index (χ2v) is 8.47. The highest BCUT2D eigenvalue weighted by Gasteiger charge is 2.30. The van der Waals surface area contributed by atoms with Crippen LogP contribution in [-0.4, -0.2) is 49.3 Å². The lowest BCUT2D eigenvalue weighted by atomic mass is 10.2. The number of hydrogen-bond acceptors (Lipinski definition) is 7. The molecule has 0 saturated carbocycles. The average Bonchev–Trinajstić information content (AvgIpc) is 3.02. The number of nitrogens with zero attached hydrogens (tertiary/aromatic N) is 2. The molecular formula is C23H23BrN2O5S. The first-order chi connectivity index (χ1) is 15.4. The predicted octanol–water partition coefficient (Wildman–Crippen LogP) is 5.27. The van der Waals surface area contributed by atoms with Gasteiger partial charge in [0.25, 0.3) is 5.91 Å². The van der Waals surface area contributed by atoms with Crippen molar-refractivity contribution in [2.45, 2.75) is 13.8 Å². The monoisotopic (exact) mass is 518 g/mol. The molecule has 0 N–H and O–H groups in total. The van der Waals surface area contributed by atoms with Crippen molar-refractivity contribution in [2.75, 3.05) is 27.4 Å². The van der Waals surface area contributed by atoms with Gasteiger partial charge in [0.1, 0.15) is 0 Å². The Morgan fingerprint density at radius 2 is 1.91 bits per heavy atom. The molecule has 1 amide bonds. The third kappa shape index (κ3) is 5.34. The summed E-state index contributed by atoms with van der Waals surface area (Å²) in [6.45, 7) is 4.46. The van der Waals surface area contributed by atoms with Gasteiger partial charge in [0.2, 0.25) is 0 Å². The first-order valence-electron chi connectivity index (χ1n) is 9.91. The van der Waals surface area contributed by atoms with Gasteiger partial charge in [0.05, 0.1) is 41.0 Å². The molecule has 1 heterocycles. The highest BCUT2D eigenvalue weighted by Crippen LogP contribution is 2.39. The smallest absolute Gasteiger partial charge is 0.338 e. The second kappa shape index (κ2) is 10.7. The van der Waals surface area contributed by atoms with Gasteiger partial charge in [-0.05, 0) is 89.6 Å². The second-order valence-electron chi connectivity index (χ2n) is 6.60. The summed E-state index contributed by atoms with van der Waals surface area (Å²) < 4.78 is 16.8. The van der Waals surface area contributed by atoms with Gasteiger partial charge >= 0.3 is 5.97 Å². The number of carbonyl (C=O) groups excluding carboxylic acids is 2. The van der Waals surface area contributed by atoms with Crippen molar-refractivity contribution in [3.63, 3.8) is 0 Å². The fourth-order valence-electron chi connectivity index (χ4n) is 2.93. The molecule has 7 nitrogen and oxygen atoms in total. The Kier molecular flexibility index (Phi) is 7.98. The molecule has 2 aromatic carbocycles. The number of hydrogen-bond donors (Lipinski definition) is 0. The van der Waals surface area contributed by atoms with Gasteiger partial charge in [-0.1, -0.05) is 0 Å². The van der Waals surface area contributed by atoms with Gasteiger partial charge in [-0.15, -0.1) is 0 Å². The molecule has 168 valence electrons.